The lowest BCUT2D eigenvalue weighted by Gasteiger charge is -2.05. The van der Waals surface area contributed by atoms with Crippen LogP contribution in [0.3, 0.4) is 0 Å². The van der Waals surface area contributed by atoms with E-state index in [1.807, 2.05) is 0 Å². The first-order chi connectivity index (χ1) is 8.56. The van der Waals surface area contributed by atoms with Crippen LogP contribution in [0.25, 0.3) is 0 Å². The van der Waals surface area contributed by atoms with Gasteiger partial charge in [-0.1, -0.05) is 23.2 Å². The molecule has 18 heavy (non-hydrogen) atoms. The van der Waals surface area contributed by atoms with Crippen LogP contribution in [0.5, 0.6) is 5.75 Å². The number of halogens is 2. The molecular weight excluding hydrogens is 275 g/mol. The second-order valence-electron chi connectivity index (χ2n) is 3.51. The van der Waals surface area contributed by atoms with Crippen LogP contribution in [-0.2, 0) is 0 Å². The molecule has 0 atom stereocenters. The predicted octanol–water partition coefficient (Wildman–Crippen LogP) is 3.31. The first kappa shape index (κ1) is 12.8. The van der Waals surface area contributed by atoms with Gasteiger partial charge in [-0.25, -0.2) is 9.78 Å². The monoisotopic (exact) mass is 282 g/mol. The summed E-state index contributed by atoms with van der Waals surface area (Å²) in [6.45, 7) is 1.78. The number of esters is 1. The van der Waals surface area contributed by atoms with Gasteiger partial charge in [0, 0.05) is 11.2 Å². The predicted molar refractivity (Wildman–Crippen MR) is 68.2 cm³/mol. The Morgan fingerprint density at radius 2 is 2.00 bits per heavy atom. The number of nitrogens with zero attached hydrogens (tertiary/aromatic N) is 2. The lowest BCUT2D eigenvalue weighted by molar-refractivity contribution is 0.0728. The van der Waals surface area contributed by atoms with E-state index in [4.69, 9.17) is 27.9 Å². The Bertz CT molecular complexity index is 585. The van der Waals surface area contributed by atoms with Crippen LogP contribution < -0.4 is 4.74 Å². The molecule has 0 amide bonds. The van der Waals surface area contributed by atoms with E-state index < -0.39 is 5.97 Å². The highest BCUT2D eigenvalue weighted by atomic mass is 35.5. The third-order valence-corrected chi connectivity index (χ3v) is 2.62. The van der Waals surface area contributed by atoms with Gasteiger partial charge in [-0.05, 0) is 25.1 Å². The standard InChI is InChI=1S/C12H8Cl2N2O2/c1-7-5-16-10(6-15-7)12(17)18-11-3-2-8(13)4-9(11)14/h2-6H,1H3. The van der Waals surface area contributed by atoms with Crippen LogP contribution in [0.15, 0.2) is 30.6 Å². The lowest BCUT2D eigenvalue weighted by atomic mass is 10.3. The zero-order chi connectivity index (χ0) is 13.1. The van der Waals surface area contributed by atoms with Crippen molar-refractivity contribution in [3.63, 3.8) is 0 Å². The number of rotatable bonds is 2. The molecule has 0 aliphatic rings. The number of aromatic nitrogens is 2. The average Bonchev–Trinajstić information content (AvgIpc) is 2.33. The van der Waals surface area contributed by atoms with Gasteiger partial charge in [0.15, 0.2) is 5.69 Å². The SMILES string of the molecule is Cc1cnc(C(=O)Oc2ccc(Cl)cc2Cl)cn1. The molecule has 0 fully saturated rings. The molecule has 0 spiro atoms. The van der Waals surface area contributed by atoms with Gasteiger partial charge in [0.25, 0.3) is 0 Å². The van der Waals surface area contributed by atoms with Crippen LogP contribution >= 0.6 is 23.2 Å². The lowest BCUT2D eigenvalue weighted by Crippen LogP contribution is -2.11. The molecule has 92 valence electrons. The Balaban J connectivity index is 2.18. The highest BCUT2D eigenvalue weighted by Gasteiger charge is 2.12. The van der Waals surface area contributed by atoms with Crippen molar-refractivity contribution in [2.45, 2.75) is 6.92 Å². The fourth-order valence-corrected chi connectivity index (χ4v) is 1.66. The average molecular weight is 283 g/mol. The topological polar surface area (TPSA) is 52.1 Å². The number of ether oxygens (including phenoxy) is 1. The molecule has 0 N–H and O–H groups in total. The minimum atomic E-state index is -0.619. The van der Waals surface area contributed by atoms with Crippen LogP contribution in [-0.4, -0.2) is 15.9 Å². The van der Waals surface area contributed by atoms with Gasteiger partial charge < -0.3 is 4.74 Å². The van der Waals surface area contributed by atoms with E-state index in [1.165, 1.54) is 24.5 Å². The Hall–Kier alpha value is -1.65. The molecule has 1 aromatic heterocycles. The molecule has 2 rings (SSSR count). The highest BCUT2D eigenvalue weighted by molar-refractivity contribution is 6.35. The molecular formula is C12H8Cl2N2O2. The van der Waals surface area contributed by atoms with Crippen LogP contribution in [0.2, 0.25) is 10.0 Å². The number of hydrogen-bond donors (Lipinski definition) is 0. The fraction of sp³-hybridized carbons (Fsp3) is 0.0833. The maximum Gasteiger partial charge on any atom is 0.363 e. The van der Waals surface area contributed by atoms with E-state index in [9.17, 15) is 4.79 Å². The van der Waals surface area contributed by atoms with Crippen molar-refractivity contribution in [3.8, 4) is 5.75 Å². The van der Waals surface area contributed by atoms with Crippen molar-refractivity contribution in [2.24, 2.45) is 0 Å². The Morgan fingerprint density at radius 1 is 1.22 bits per heavy atom. The molecule has 0 bridgehead atoms. The van der Waals surface area contributed by atoms with E-state index in [0.29, 0.717) is 5.02 Å². The van der Waals surface area contributed by atoms with E-state index >= 15 is 0 Å². The largest absolute Gasteiger partial charge is 0.420 e. The summed E-state index contributed by atoms with van der Waals surface area (Å²) < 4.78 is 5.09. The van der Waals surface area contributed by atoms with Gasteiger partial charge in [-0.3, -0.25) is 4.98 Å². The number of hydrogen-bond acceptors (Lipinski definition) is 4. The minimum absolute atomic E-state index is 0.117. The Labute approximate surface area is 114 Å². The summed E-state index contributed by atoms with van der Waals surface area (Å²) in [6.07, 6.45) is 2.83. The molecule has 0 aliphatic heterocycles. The maximum absolute atomic E-state index is 11.7. The second-order valence-corrected chi connectivity index (χ2v) is 4.35. The molecule has 2 aromatic rings. The van der Waals surface area contributed by atoms with E-state index in [-0.39, 0.29) is 16.5 Å². The van der Waals surface area contributed by atoms with Gasteiger partial charge in [0.2, 0.25) is 0 Å². The first-order valence-electron chi connectivity index (χ1n) is 5.02. The van der Waals surface area contributed by atoms with Gasteiger partial charge in [0.05, 0.1) is 16.9 Å². The number of carbonyl (C=O) groups excluding carboxylic acids is 1. The normalized spacial score (nSPS) is 10.2. The molecule has 0 radical (unpaired) electrons. The first-order valence-corrected chi connectivity index (χ1v) is 5.78. The minimum Gasteiger partial charge on any atom is -0.420 e. The summed E-state index contributed by atoms with van der Waals surface area (Å²) in [5.41, 5.74) is 0.836. The molecule has 0 saturated heterocycles. The van der Waals surface area contributed by atoms with E-state index in [2.05, 4.69) is 9.97 Å². The quantitative estimate of drug-likeness (QED) is 0.626. The molecule has 0 saturated carbocycles. The van der Waals surface area contributed by atoms with Crippen molar-refractivity contribution >= 4 is 29.2 Å². The van der Waals surface area contributed by atoms with Gasteiger partial charge in [0.1, 0.15) is 5.75 Å². The number of carbonyl (C=O) groups is 1. The fourth-order valence-electron chi connectivity index (χ4n) is 1.21. The number of aryl methyl sites for hydroxylation is 1. The molecule has 1 aromatic carbocycles. The Kier molecular flexibility index (Phi) is 3.79. The van der Waals surface area contributed by atoms with E-state index in [1.54, 1.807) is 13.0 Å². The number of benzene rings is 1. The third-order valence-electron chi connectivity index (χ3n) is 2.09. The molecule has 1 heterocycles. The zero-order valence-electron chi connectivity index (χ0n) is 9.35. The van der Waals surface area contributed by atoms with Crippen molar-refractivity contribution in [2.75, 3.05) is 0 Å². The van der Waals surface area contributed by atoms with Crippen molar-refractivity contribution < 1.29 is 9.53 Å². The summed E-state index contributed by atoms with van der Waals surface area (Å²) in [7, 11) is 0. The zero-order valence-corrected chi connectivity index (χ0v) is 10.9. The maximum atomic E-state index is 11.7. The summed E-state index contributed by atoms with van der Waals surface area (Å²) in [5.74, 6) is -0.389. The van der Waals surface area contributed by atoms with Crippen molar-refractivity contribution in [3.05, 3.63) is 52.0 Å². The summed E-state index contributed by atoms with van der Waals surface area (Å²) in [5, 5.41) is 0.728. The van der Waals surface area contributed by atoms with Crippen LogP contribution in [0.4, 0.5) is 0 Å². The van der Waals surface area contributed by atoms with Crippen LogP contribution in [0, 0.1) is 6.92 Å². The summed E-state index contributed by atoms with van der Waals surface area (Å²) in [6, 6.07) is 4.59. The second kappa shape index (κ2) is 5.33. The van der Waals surface area contributed by atoms with Crippen molar-refractivity contribution in [1.29, 1.82) is 0 Å². The Morgan fingerprint density at radius 3 is 2.61 bits per heavy atom. The van der Waals surface area contributed by atoms with Gasteiger partial charge in [-0.2, -0.15) is 0 Å². The van der Waals surface area contributed by atoms with Crippen molar-refractivity contribution in [1.82, 2.24) is 9.97 Å². The smallest absolute Gasteiger partial charge is 0.363 e. The summed E-state index contributed by atoms with van der Waals surface area (Å²) in [4.78, 5) is 19.6. The molecule has 0 aliphatic carbocycles. The van der Waals surface area contributed by atoms with Gasteiger partial charge >= 0.3 is 5.97 Å². The molecule has 4 nitrogen and oxygen atoms in total. The van der Waals surface area contributed by atoms with Gasteiger partial charge in [-0.15, -0.1) is 0 Å². The molecule has 0 unspecified atom stereocenters. The summed E-state index contributed by atoms with van der Waals surface area (Å²) >= 11 is 11.6. The highest BCUT2D eigenvalue weighted by Crippen LogP contribution is 2.27. The van der Waals surface area contributed by atoms with E-state index in [0.717, 1.165) is 5.69 Å². The van der Waals surface area contributed by atoms with Crippen LogP contribution in [0.1, 0.15) is 16.2 Å². The molecule has 6 heteroatoms. The third kappa shape index (κ3) is 2.97.